The topological polar surface area (TPSA) is 93.1 Å². The van der Waals surface area contributed by atoms with E-state index in [-0.39, 0.29) is 19.6 Å². The average molecular weight is 356 g/mol. The molecular formula is C19H32O6. The number of hydrogen-bond acceptors (Lipinski definition) is 6. The van der Waals surface area contributed by atoms with Crippen LogP contribution in [0.1, 0.15) is 57.8 Å². The second kappa shape index (κ2) is 10.8. The van der Waals surface area contributed by atoms with Gasteiger partial charge in [0, 0.05) is 13.2 Å². The van der Waals surface area contributed by atoms with E-state index in [1.165, 1.54) is 0 Å². The molecule has 6 heteroatoms. The zero-order valence-electron chi connectivity index (χ0n) is 15.0. The third kappa shape index (κ3) is 7.32. The molecule has 0 amide bonds. The van der Waals surface area contributed by atoms with Crippen molar-refractivity contribution in [2.75, 3.05) is 26.4 Å². The quantitative estimate of drug-likeness (QED) is 0.511. The summed E-state index contributed by atoms with van der Waals surface area (Å²) in [5.41, 5.74) is 0. The van der Waals surface area contributed by atoms with Crippen LogP contribution in [0, 0.1) is 23.7 Å². The van der Waals surface area contributed by atoms with Crippen molar-refractivity contribution in [3.05, 3.63) is 0 Å². The van der Waals surface area contributed by atoms with Crippen molar-refractivity contribution in [3.8, 4) is 0 Å². The zero-order chi connectivity index (χ0) is 18.1. The van der Waals surface area contributed by atoms with Gasteiger partial charge in [0.05, 0.1) is 13.2 Å². The molecule has 2 fully saturated rings. The lowest BCUT2D eigenvalue weighted by atomic mass is 9.83. The van der Waals surface area contributed by atoms with Crippen molar-refractivity contribution < 1.29 is 29.3 Å². The first-order valence-electron chi connectivity index (χ1n) is 9.63. The number of rotatable bonds is 8. The maximum atomic E-state index is 11.8. The molecule has 0 saturated heterocycles. The van der Waals surface area contributed by atoms with E-state index >= 15 is 0 Å². The first kappa shape index (κ1) is 20.2. The first-order chi connectivity index (χ1) is 12.1. The highest BCUT2D eigenvalue weighted by atomic mass is 16.6. The lowest BCUT2D eigenvalue weighted by Gasteiger charge is -2.27. The molecule has 144 valence electrons. The Labute approximate surface area is 149 Å². The molecule has 2 N–H and O–H groups in total. The average Bonchev–Trinajstić information content (AvgIpc) is 2.65. The van der Waals surface area contributed by atoms with Crippen molar-refractivity contribution in [1.29, 1.82) is 0 Å². The van der Waals surface area contributed by atoms with E-state index < -0.39 is 11.9 Å². The van der Waals surface area contributed by atoms with Gasteiger partial charge in [-0.25, -0.2) is 0 Å². The standard InChI is InChI=1S/C19H32O6/c20-10-14-1-5-16(6-2-14)12-24-18(22)9-19(23)25-13-17-7-3-15(11-21)4-8-17/h14-17,20-21H,1-13H2. The van der Waals surface area contributed by atoms with Gasteiger partial charge in [-0.05, 0) is 75.0 Å². The zero-order valence-corrected chi connectivity index (χ0v) is 15.0. The smallest absolute Gasteiger partial charge is 0.317 e. The van der Waals surface area contributed by atoms with Crippen LogP contribution in [0.2, 0.25) is 0 Å². The molecule has 0 atom stereocenters. The molecule has 25 heavy (non-hydrogen) atoms. The molecule has 0 aromatic rings. The van der Waals surface area contributed by atoms with Crippen LogP contribution in [0.15, 0.2) is 0 Å². The van der Waals surface area contributed by atoms with Crippen LogP contribution in [0.25, 0.3) is 0 Å². The minimum Gasteiger partial charge on any atom is -0.465 e. The molecular weight excluding hydrogens is 324 g/mol. The largest absolute Gasteiger partial charge is 0.465 e. The summed E-state index contributed by atoms with van der Waals surface area (Å²) in [4.78, 5) is 23.5. The summed E-state index contributed by atoms with van der Waals surface area (Å²) in [6.45, 7) is 1.19. The predicted octanol–water partition coefficient (Wildman–Crippen LogP) is 2.06. The van der Waals surface area contributed by atoms with E-state index in [1.807, 2.05) is 0 Å². The Morgan fingerprint density at radius 1 is 0.640 bits per heavy atom. The predicted molar refractivity (Wildman–Crippen MR) is 91.6 cm³/mol. The molecule has 0 aromatic heterocycles. The molecule has 0 aromatic carbocycles. The van der Waals surface area contributed by atoms with Gasteiger partial charge in [-0.1, -0.05) is 0 Å². The van der Waals surface area contributed by atoms with Crippen LogP contribution in [0.5, 0.6) is 0 Å². The summed E-state index contributed by atoms with van der Waals surface area (Å²) in [5.74, 6) is 0.411. The summed E-state index contributed by atoms with van der Waals surface area (Å²) in [6, 6.07) is 0. The normalized spacial score (nSPS) is 29.8. The van der Waals surface area contributed by atoms with Crippen molar-refractivity contribution in [1.82, 2.24) is 0 Å². The molecule has 0 spiro atoms. The molecule has 0 bridgehead atoms. The fourth-order valence-corrected chi connectivity index (χ4v) is 3.80. The van der Waals surface area contributed by atoms with Crippen molar-refractivity contribution >= 4 is 11.9 Å². The van der Waals surface area contributed by atoms with Crippen molar-refractivity contribution in [2.24, 2.45) is 23.7 Å². The maximum absolute atomic E-state index is 11.8. The van der Waals surface area contributed by atoms with E-state index in [2.05, 4.69) is 0 Å². The fourth-order valence-electron chi connectivity index (χ4n) is 3.80. The van der Waals surface area contributed by atoms with Gasteiger partial charge in [0.25, 0.3) is 0 Å². The second-order valence-corrected chi connectivity index (χ2v) is 7.68. The van der Waals surface area contributed by atoms with Crippen LogP contribution in [-0.2, 0) is 19.1 Å². The Morgan fingerprint density at radius 2 is 0.960 bits per heavy atom. The van der Waals surface area contributed by atoms with Crippen LogP contribution < -0.4 is 0 Å². The van der Waals surface area contributed by atoms with Gasteiger partial charge in [0.2, 0.25) is 0 Å². The number of aliphatic hydroxyl groups is 2. The van der Waals surface area contributed by atoms with Crippen molar-refractivity contribution in [3.63, 3.8) is 0 Å². The highest BCUT2D eigenvalue weighted by Crippen LogP contribution is 2.29. The van der Waals surface area contributed by atoms with Gasteiger partial charge in [0.15, 0.2) is 0 Å². The van der Waals surface area contributed by atoms with Crippen LogP contribution in [0.4, 0.5) is 0 Å². The Bertz CT molecular complexity index is 370. The Morgan fingerprint density at radius 3 is 1.28 bits per heavy atom. The molecule has 6 nitrogen and oxygen atoms in total. The molecule has 0 aliphatic heterocycles. The summed E-state index contributed by atoms with van der Waals surface area (Å²) < 4.78 is 10.4. The SMILES string of the molecule is O=C(CC(=O)OCC1CCC(CO)CC1)OCC1CCC(CO)CC1. The second-order valence-electron chi connectivity index (χ2n) is 7.68. The van der Waals surface area contributed by atoms with Crippen LogP contribution >= 0.6 is 0 Å². The van der Waals surface area contributed by atoms with E-state index in [0.717, 1.165) is 51.4 Å². The maximum Gasteiger partial charge on any atom is 0.317 e. The third-order valence-electron chi connectivity index (χ3n) is 5.70. The highest BCUT2D eigenvalue weighted by Gasteiger charge is 2.24. The number of esters is 2. The molecule has 2 rings (SSSR count). The monoisotopic (exact) mass is 356 g/mol. The summed E-state index contributed by atoms with van der Waals surface area (Å²) in [5, 5.41) is 18.2. The van der Waals surface area contributed by atoms with Crippen molar-refractivity contribution in [2.45, 2.75) is 57.8 Å². The van der Waals surface area contributed by atoms with Crippen LogP contribution in [0.3, 0.4) is 0 Å². The molecule has 0 radical (unpaired) electrons. The molecule has 2 aliphatic carbocycles. The molecule has 2 saturated carbocycles. The van der Waals surface area contributed by atoms with Gasteiger partial charge in [0.1, 0.15) is 6.42 Å². The number of carbonyl (C=O) groups excluding carboxylic acids is 2. The molecule has 0 unspecified atom stereocenters. The Balaban J connectivity index is 1.54. The minimum atomic E-state index is -0.515. The van der Waals surface area contributed by atoms with E-state index in [9.17, 15) is 9.59 Å². The van der Waals surface area contributed by atoms with Gasteiger partial charge in [-0.2, -0.15) is 0 Å². The van der Waals surface area contributed by atoms with Gasteiger partial charge >= 0.3 is 11.9 Å². The Hall–Kier alpha value is -1.14. The summed E-state index contributed by atoms with van der Waals surface area (Å²) in [7, 11) is 0. The number of ether oxygens (including phenoxy) is 2. The minimum absolute atomic E-state index is 0.236. The lowest BCUT2D eigenvalue weighted by molar-refractivity contribution is -0.156. The fraction of sp³-hybridized carbons (Fsp3) is 0.895. The van der Waals surface area contributed by atoms with E-state index in [4.69, 9.17) is 19.7 Å². The van der Waals surface area contributed by atoms with Gasteiger partial charge in [-0.15, -0.1) is 0 Å². The van der Waals surface area contributed by atoms with Gasteiger partial charge in [-0.3, -0.25) is 9.59 Å². The van der Waals surface area contributed by atoms with Crippen LogP contribution in [-0.4, -0.2) is 48.6 Å². The summed E-state index contributed by atoms with van der Waals surface area (Å²) in [6.07, 6.45) is 7.40. The van der Waals surface area contributed by atoms with Gasteiger partial charge < -0.3 is 19.7 Å². The number of hydrogen-bond donors (Lipinski definition) is 2. The number of carbonyl (C=O) groups is 2. The molecule has 2 aliphatic rings. The number of aliphatic hydroxyl groups excluding tert-OH is 2. The van der Waals surface area contributed by atoms with E-state index in [1.54, 1.807) is 0 Å². The highest BCUT2D eigenvalue weighted by molar-refractivity contribution is 5.91. The van der Waals surface area contributed by atoms with E-state index in [0.29, 0.717) is 36.9 Å². The third-order valence-corrected chi connectivity index (χ3v) is 5.70. The Kier molecular flexibility index (Phi) is 8.68. The molecule has 0 heterocycles. The summed E-state index contributed by atoms with van der Waals surface area (Å²) >= 11 is 0. The first-order valence-corrected chi connectivity index (χ1v) is 9.63. The lowest BCUT2D eigenvalue weighted by Crippen LogP contribution is -2.24.